The third-order valence-corrected chi connectivity index (χ3v) is 9.31. The highest BCUT2D eigenvalue weighted by Crippen LogP contribution is 2.27. The molecule has 2 heterocycles. The Bertz CT molecular complexity index is 1250. The standard InChI is InChI=1S/C20H10N4.2CH3.4Al.HI/c1-5-15(13-17(7-1)19-21-9-3-10-22-19)16-6-2-8-18(14-16)20-23-11-4-12-24-20;;;;;;;/h1-8,13-14H;2*1H3;;;;;1H/q;;;;;;+1;/p-1. The van der Waals surface area contributed by atoms with Crippen LogP contribution in [0.1, 0.15) is 0 Å². The van der Waals surface area contributed by atoms with Crippen molar-refractivity contribution in [1.82, 2.24) is 19.9 Å². The molecule has 0 bridgehead atoms. The highest BCUT2D eigenvalue weighted by molar-refractivity contribution is 14.1. The molecule has 0 unspecified atom stereocenters. The topological polar surface area (TPSA) is 51.6 Å². The second-order valence-corrected chi connectivity index (χ2v) is 16.9. The van der Waals surface area contributed by atoms with E-state index in [1.165, 1.54) is 4.56 Å². The van der Waals surface area contributed by atoms with E-state index in [0.717, 1.165) is 47.6 Å². The minimum absolute atomic E-state index is 0.148. The molecule has 0 aliphatic carbocycles. The molecule has 4 nitrogen and oxygen atoms in total. The predicted octanol–water partition coefficient (Wildman–Crippen LogP) is 1.50. The number of nitrogens with zero attached hydrogens (tertiary/aromatic N) is 4. The first-order chi connectivity index (χ1) is 14.9. The van der Waals surface area contributed by atoms with E-state index in [-0.39, 0.29) is 15.2 Å². The number of hydrogen-bond acceptors (Lipinski definition) is 4. The van der Waals surface area contributed by atoms with E-state index in [9.17, 15) is 0 Å². The maximum absolute atomic E-state index is 4.84. The van der Waals surface area contributed by atoms with Crippen LogP contribution in [0.4, 0.5) is 0 Å². The van der Waals surface area contributed by atoms with Gasteiger partial charge in [0.25, 0.3) is 15.2 Å². The summed E-state index contributed by atoms with van der Waals surface area (Å²) in [4.78, 5) is 18.9. The zero-order valence-corrected chi connectivity index (χ0v) is 24.0. The summed E-state index contributed by atoms with van der Waals surface area (Å²) in [6.07, 6.45) is 0. The summed E-state index contributed by atoms with van der Waals surface area (Å²) in [7, 11) is -1.04. The van der Waals surface area contributed by atoms with Crippen LogP contribution in [0.5, 0.6) is 0 Å². The van der Waals surface area contributed by atoms with E-state index >= 15 is 0 Å². The van der Waals surface area contributed by atoms with Crippen molar-refractivity contribution in [1.29, 1.82) is 0 Å². The van der Waals surface area contributed by atoms with Crippen LogP contribution in [0.25, 0.3) is 33.9 Å². The normalized spacial score (nSPS) is 10.7. The van der Waals surface area contributed by atoms with Crippen molar-refractivity contribution in [3.8, 4) is 33.9 Å². The van der Waals surface area contributed by atoms with Crippen LogP contribution >= 0.6 is 20.3 Å². The summed E-state index contributed by atoms with van der Waals surface area (Å²) >= 11 is 8.08. The maximum atomic E-state index is 4.84. The van der Waals surface area contributed by atoms with E-state index in [0.29, 0.717) is 0 Å². The zero-order chi connectivity index (χ0) is 22.0. The maximum Gasteiger partial charge on any atom is 0.422 e. The molecule has 0 saturated heterocycles. The minimum atomic E-state index is -1.04. The third-order valence-electron chi connectivity index (χ3n) is 4.81. The lowest BCUT2D eigenvalue weighted by Crippen LogP contribution is -2.30. The monoisotopic (exact) mass is 571 g/mol. The fourth-order valence-electron chi connectivity index (χ4n) is 3.26. The van der Waals surface area contributed by atoms with E-state index in [1.54, 1.807) is 0 Å². The van der Waals surface area contributed by atoms with Crippen molar-refractivity contribution < 1.29 is 0 Å². The molecule has 0 aliphatic rings. The van der Waals surface area contributed by atoms with Gasteiger partial charge in [0.05, 0.1) is 0 Å². The highest BCUT2D eigenvalue weighted by atomic mass is 127. The van der Waals surface area contributed by atoms with Crippen LogP contribution in [0.15, 0.2) is 60.7 Å². The van der Waals surface area contributed by atoms with Gasteiger partial charge in [-0.3, -0.25) is 19.9 Å². The van der Waals surface area contributed by atoms with Crippen LogP contribution in [-0.2, 0) is 0 Å². The molecule has 0 amide bonds. The lowest BCUT2D eigenvalue weighted by molar-refractivity contribution is 1.23. The van der Waals surface area contributed by atoms with Crippen molar-refractivity contribution in [3.63, 3.8) is 0 Å². The molecular weight excluding hydrogens is 555 g/mol. The van der Waals surface area contributed by atoms with Gasteiger partial charge in [-0.05, 0) is 32.4 Å². The van der Waals surface area contributed by atoms with Crippen LogP contribution in [-0.4, -0.2) is 78.6 Å². The fourth-order valence-corrected chi connectivity index (χ4v) is 6.47. The Morgan fingerprint density at radius 2 is 1.26 bits per heavy atom. The van der Waals surface area contributed by atoms with E-state index in [4.69, 9.17) is 9.97 Å². The quantitative estimate of drug-likeness (QED) is 0.270. The first-order valence-electron chi connectivity index (χ1n) is 9.86. The predicted molar refractivity (Wildman–Crippen MR) is 141 cm³/mol. The number of hydrogen-bond donors (Lipinski definition) is 0. The van der Waals surface area contributed by atoms with Crippen molar-refractivity contribution >= 4 is 97.2 Å². The minimum Gasteiger partial charge on any atom is -0.255 e. The molecular formula is C22H16Al4IN4. The smallest absolute Gasteiger partial charge is 0.255 e. The van der Waals surface area contributed by atoms with Crippen LogP contribution in [0.2, 0.25) is 11.6 Å². The van der Waals surface area contributed by atoms with Crippen LogP contribution in [0, 0.1) is 0 Å². The molecule has 2 aromatic carbocycles. The fraction of sp³-hybridized carbons (Fsp3) is 0.0909. The Balaban J connectivity index is 1.74. The Morgan fingerprint density at radius 1 is 0.742 bits per heavy atom. The zero-order valence-electron chi connectivity index (χ0n) is 17.2. The number of halogens is 1. The first-order valence-corrected chi connectivity index (χ1v) is 18.7. The average molecular weight is 571 g/mol. The first kappa shape index (κ1) is 23.6. The summed E-state index contributed by atoms with van der Waals surface area (Å²) < 4.78 is 4.17. The Morgan fingerprint density at radius 3 is 1.81 bits per heavy atom. The van der Waals surface area contributed by atoms with Crippen LogP contribution < -0.4 is 18.2 Å². The van der Waals surface area contributed by atoms with Gasteiger partial charge >= 0.3 is 10.9 Å². The summed E-state index contributed by atoms with van der Waals surface area (Å²) in [6, 6.07) is 21.0. The number of aromatic nitrogens is 4. The van der Waals surface area contributed by atoms with Gasteiger partial charge in [0, 0.05) is 11.1 Å². The molecule has 4 rings (SSSR count). The molecule has 2 aromatic heterocycles. The summed E-state index contributed by atoms with van der Waals surface area (Å²) in [5.74, 6) is 6.03. The molecule has 4 aromatic rings. The lowest BCUT2D eigenvalue weighted by Gasteiger charge is -2.10. The van der Waals surface area contributed by atoms with E-state index in [2.05, 4.69) is 129 Å². The molecule has 9 heteroatoms. The Kier molecular flexibility index (Phi) is 8.07. The van der Waals surface area contributed by atoms with Crippen molar-refractivity contribution in [2.24, 2.45) is 0 Å². The molecule has 5 radical (unpaired) electrons. The van der Waals surface area contributed by atoms with Gasteiger partial charge in [0.2, 0.25) is 32.6 Å². The molecule has 0 aliphatic heterocycles. The van der Waals surface area contributed by atoms with Crippen LogP contribution in [0.3, 0.4) is 0 Å². The molecule has 0 fully saturated rings. The van der Waals surface area contributed by atoms with Crippen molar-refractivity contribution in [2.45, 2.75) is 11.6 Å². The van der Waals surface area contributed by atoms with E-state index in [1.807, 2.05) is 6.07 Å². The Labute approximate surface area is 221 Å². The molecule has 0 spiro atoms. The second kappa shape index (κ2) is 10.6. The van der Waals surface area contributed by atoms with Crippen molar-refractivity contribution in [3.05, 3.63) is 60.7 Å². The molecule has 0 N–H and O–H groups in total. The van der Waals surface area contributed by atoms with Gasteiger partial charge in [-0.1, -0.05) is 63.4 Å². The van der Waals surface area contributed by atoms with Gasteiger partial charge < -0.3 is 0 Å². The lowest BCUT2D eigenvalue weighted by atomic mass is 10.0. The van der Waals surface area contributed by atoms with Gasteiger partial charge in [-0.15, -0.1) is 5.79 Å². The van der Waals surface area contributed by atoms with E-state index < -0.39 is 10.9 Å². The molecule has 0 saturated carbocycles. The van der Waals surface area contributed by atoms with Gasteiger partial charge in [0.1, 0.15) is 0 Å². The van der Waals surface area contributed by atoms with Gasteiger partial charge in [-0.25, -0.2) is 0 Å². The largest absolute Gasteiger partial charge is 0.422 e. The van der Waals surface area contributed by atoms with Gasteiger partial charge in [-0.2, -0.15) is 20.3 Å². The highest BCUT2D eigenvalue weighted by Gasteiger charge is 2.14. The summed E-state index contributed by atoms with van der Waals surface area (Å²) in [5.41, 5.74) is 4.30. The Hall–Kier alpha value is -0.540. The SMILES string of the molecule is [CH3][Al][c]1c[c]([Al])nc(-c2cccc(-c3cccc(-c4n[c]([Al])c[c]([Al]([CH3])[I])n4)c3)c2)n1. The second-order valence-electron chi connectivity index (χ2n) is 7.15. The average Bonchev–Trinajstić information content (AvgIpc) is 2.78. The summed E-state index contributed by atoms with van der Waals surface area (Å²) in [6.45, 7) is 0. The molecule has 143 valence electrons. The van der Waals surface area contributed by atoms with Gasteiger partial charge in [0.15, 0.2) is 11.6 Å². The number of rotatable bonds is 5. The summed E-state index contributed by atoms with van der Waals surface area (Å²) in [5, 5.41) is 0. The van der Waals surface area contributed by atoms with Crippen molar-refractivity contribution in [2.75, 3.05) is 0 Å². The molecule has 0 atom stereocenters. The third kappa shape index (κ3) is 5.88. The number of benzene rings is 2. The molecule has 31 heavy (non-hydrogen) atoms.